The van der Waals surface area contributed by atoms with E-state index < -0.39 is 5.54 Å². The van der Waals surface area contributed by atoms with Crippen LogP contribution in [0.5, 0.6) is 0 Å². The summed E-state index contributed by atoms with van der Waals surface area (Å²) in [4.78, 5) is 25.5. The molecule has 1 N–H and O–H groups in total. The van der Waals surface area contributed by atoms with Crippen molar-refractivity contribution in [1.82, 2.24) is 5.32 Å². The molecule has 1 aliphatic carbocycles. The molecule has 0 spiro atoms. The smallest absolute Gasteiger partial charge is 0.331 e. The minimum atomic E-state index is -0.971. The van der Waals surface area contributed by atoms with Gasteiger partial charge in [-0.05, 0) is 72.1 Å². The van der Waals surface area contributed by atoms with Crippen LogP contribution in [0.4, 0.5) is 0 Å². The van der Waals surface area contributed by atoms with E-state index in [2.05, 4.69) is 19.2 Å². The molecule has 1 fully saturated rings. The maximum absolute atomic E-state index is 12.9. The van der Waals surface area contributed by atoms with Crippen LogP contribution in [-0.4, -0.2) is 24.5 Å². The van der Waals surface area contributed by atoms with E-state index in [1.54, 1.807) is 6.07 Å². The molecule has 4 nitrogen and oxygen atoms in total. The third-order valence-corrected chi connectivity index (χ3v) is 6.61. The highest BCUT2D eigenvalue weighted by Gasteiger charge is 2.46. The summed E-state index contributed by atoms with van der Waals surface area (Å²) in [6.45, 7) is 8.36. The second-order valence-electron chi connectivity index (χ2n) is 8.78. The summed E-state index contributed by atoms with van der Waals surface area (Å²) in [7, 11) is 1.36. The van der Waals surface area contributed by atoms with Gasteiger partial charge in [0.1, 0.15) is 5.54 Å². The molecule has 32 heavy (non-hydrogen) atoms. The minimum absolute atomic E-state index is 0.0857. The highest BCUT2D eigenvalue weighted by Crippen LogP contribution is 2.41. The fourth-order valence-corrected chi connectivity index (χ4v) is 4.26. The fraction of sp³-hybridized carbons (Fsp3) is 0.462. The summed E-state index contributed by atoms with van der Waals surface area (Å²) in [6.07, 6.45) is 2.90. The van der Waals surface area contributed by atoms with E-state index in [0.29, 0.717) is 28.5 Å². The molecule has 0 aromatic heterocycles. The summed E-state index contributed by atoms with van der Waals surface area (Å²) in [6, 6.07) is 13.1. The van der Waals surface area contributed by atoms with Crippen molar-refractivity contribution >= 4 is 35.1 Å². The maximum Gasteiger partial charge on any atom is 0.331 e. The van der Waals surface area contributed by atoms with E-state index in [1.165, 1.54) is 7.11 Å². The Labute approximate surface area is 201 Å². The SMILES string of the molecule is CC.COC(=O)C1(NC(=O)Cc2cc(-c3ccc(Cl)cc3)ccc2Cl)CCC(C)(C)CC1. The fourth-order valence-electron chi connectivity index (χ4n) is 3.95. The lowest BCUT2D eigenvalue weighted by molar-refractivity contribution is -0.153. The average molecular weight is 478 g/mol. The van der Waals surface area contributed by atoms with Gasteiger partial charge >= 0.3 is 5.97 Å². The lowest BCUT2D eigenvalue weighted by Crippen LogP contribution is -2.58. The number of amides is 1. The number of hydrogen-bond donors (Lipinski definition) is 1. The molecule has 0 radical (unpaired) electrons. The van der Waals surface area contributed by atoms with Crippen molar-refractivity contribution in [2.75, 3.05) is 7.11 Å². The summed E-state index contributed by atoms with van der Waals surface area (Å²) in [5, 5.41) is 4.15. The zero-order chi connectivity index (χ0) is 23.9. The number of halogens is 2. The van der Waals surface area contributed by atoms with E-state index in [1.807, 2.05) is 50.2 Å². The Morgan fingerprint density at radius 2 is 1.50 bits per heavy atom. The molecule has 2 aromatic rings. The van der Waals surface area contributed by atoms with Gasteiger partial charge in [-0.25, -0.2) is 4.79 Å². The molecule has 0 unspecified atom stereocenters. The van der Waals surface area contributed by atoms with Crippen LogP contribution >= 0.6 is 23.2 Å². The van der Waals surface area contributed by atoms with Crippen LogP contribution < -0.4 is 5.32 Å². The van der Waals surface area contributed by atoms with Gasteiger partial charge in [0.25, 0.3) is 0 Å². The van der Waals surface area contributed by atoms with Crippen molar-refractivity contribution in [3.05, 3.63) is 58.1 Å². The Hall–Kier alpha value is -2.04. The number of rotatable bonds is 5. The Morgan fingerprint density at radius 1 is 0.938 bits per heavy atom. The minimum Gasteiger partial charge on any atom is -0.467 e. The van der Waals surface area contributed by atoms with Gasteiger partial charge in [-0.15, -0.1) is 0 Å². The van der Waals surface area contributed by atoms with Gasteiger partial charge in [-0.2, -0.15) is 0 Å². The summed E-state index contributed by atoms with van der Waals surface area (Å²) in [5.41, 5.74) is 1.82. The lowest BCUT2D eigenvalue weighted by atomic mass is 9.69. The summed E-state index contributed by atoms with van der Waals surface area (Å²) in [5.74, 6) is -0.623. The monoisotopic (exact) mass is 477 g/mol. The standard InChI is InChI=1S/C24H27Cl2NO3.C2H6/c1-23(2)10-12-24(13-11-23,22(29)30-3)27-21(28)15-18-14-17(6-9-20(18)26)16-4-7-19(25)8-5-16;1-2/h4-9,14H,10-13,15H2,1-3H3,(H,27,28);1-2H3. The van der Waals surface area contributed by atoms with Gasteiger partial charge in [-0.3, -0.25) is 4.79 Å². The second kappa shape index (κ2) is 11.2. The molecule has 2 aromatic carbocycles. The van der Waals surface area contributed by atoms with E-state index in [9.17, 15) is 9.59 Å². The van der Waals surface area contributed by atoms with Crippen LogP contribution in [0.1, 0.15) is 58.9 Å². The number of nitrogens with one attached hydrogen (secondary N) is 1. The summed E-state index contributed by atoms with van der Waals surface area (Å²) >= 11 is 12.3. The molecular weight excluding hydrogens is 445 g/mol. The number of benzene rings is 2. The molecule has 0 atom stereocenters. The molecule has 6 heteroatoms. The van der Waals surface area contributed by atoms with Crippen molar-refractivity contribution in [3.63, 3.8) is 0 Å². The van der Waals surface area contributed by atoms with E-state index in [-0.39, 0.29) is 23.7 Å². The first-order valence-corrected chi connectivity index (χ1v) is 11.8. The first-order valence-electron chi connectivity index (χ1n) is 11.1. The molecule has 1 aliphatic rings. The molecule has 0 bridgehead atoms. The zero-order valence-electron chi connectivity index (χ0n) is 19.6. The van der Waals surface area contributed by atoms with Crippen molar-refractivity contribution in [1.29, 1.82) is 0 Å². The van der Waals surface area contributed by atoms with Crippen LogP contribution in [0.2, 0.25) is 10.0 Å². The van der Waals surface area contributed by atoms with Crippen molar-refractivity contribution < 1.29 is 14.3 Å². The van der Waals surface area contributed by atoms with Crippen molar-refractivity contribution in [3.8, 4) is 11.1 Å². The van der Waals surface area contributed by atoms with Crippen LogP contribution in [-0.2, 0) is 20.7 Å². The predicted molar refractivity (Wildman–Crippen MR) is 132 cm³/mol. The number of methoxy groups -OCH3 is 1. The molecule has 0 saturated heterocycles. The highest BCUT2D eigenvalue weighted by molar-refractivity contribution is 6.31. The molecular formula is C26H33Cl2NO3. The molecule has 0 heterocycles. The first-order chi connectivity index (χ1) is 15.1. The van der Waals surface area contributed by atoms with Crippen LogP contribution in [0, 0.1) is 5.41 Å². The van der Waals surface area contributed by atoms with Gasteiger partial charge in [0, 0.05) is 10.0 Å². The number of esters is 1. The van der Waals surface area contributed by atoms with E-state index in [0.717, 1.165) is 24.0 Å². The number of ether oxygens (including phenoxy) is 1. The lowest BCUT2D eigenvalue weighted by Gasteiger charge is -2.41. The Bertz CT molecular complexity index is 929. The molecule has 174 valence electrons. The Morgan fingerprint density at radius 3 is 2.06 bits per heavy atom. The number of hydrogen-bond acceptors (Lipinski definition) is 3. The molecule has 0 aliphatic heterocycles. The molecule has 3 rings (SSSR count). The topological polar surface area (TPSA) is 55.4 Å². The largest absolute Gasteiger partial charge is 0.467 e. The van der Waals surface area contributed by atoms with Gasteiger partial charge in [-0.1, -0.05) is 69.1 Å². The van der Waals surface area contributed by atoms with Gasteiger partial charge in [0.05, 0.1) is 13.5 Å². The van der Waals surface area contributed by atoms with E-state index in [4.69, 9.17) is 27.9 Å². The average Bonchev–Trinajstić information content (AvgIpc) is 2.78. The van der Waals surface area contributed by atoms with Crippen molar-refractivity contribution in [2.45, 2.75) is 65.3 Å². The Kier molecular flexibility index (Phi) is 9.18. The Balaban J connectivity index is 0.00000176. The zero-order valence-corrected chi connectivity index (χ0v) is 21.1. The van der Waals surface area contributed by atoms with Gasteiger partial charge < -0.3 is 10.1 Å². The van der Waals surface area contributed by atoms with E-state index >= 15 is 0 Å². The summed E-state index contributed by atoms with van der Waals surface area (Å²) < 4.78 is 5.03. The van der Waals surface area contributed by atoms with Crippen LogP contribution in [0.25, 0.3) is 11.1 Å². The quantitative estimate of drug-likeness (QED) is 0.478. The van der Waals surface area contributed by atoms with Gasteiger partial charge in [0.2, 0.25) is 5.91 Å². The number of carbonyl (C=O) groups excluding carboxylic acids is 2. The van der Waals surface area contributed by atoms with Crippen LogP contribution in [0.15, 0.2) is 42.5 Å². The molecule has 1 amide bonds. The van der Waals surface area contributed by atoms with Gasteiger partial charge in [0.15, 0.2) is 0 Å². The normalized spacial score (nSPS) is 16.3. The third-order valence-electron chi connectivity index (χ3n) is 5.99. The predicted octanol–water partition coefficient (Wildman–Crippen LogP) is 6.86. The second-order valence-corrected chi connectivity index (χ2v) is 9.62. The van der Waals surface area contributed by atoms with Crippen molar-refractivity contribution in [2.24, 2.45) is 5.41 Å². The third kappa shape index (κ3) is 6.49. The maximum atomic E-state index is 12.9. The molecule has 1 saturated carbocycles. The highest BCUT2D eigenvalue weighted by atomic mass is 35.5. The van der Waals surface area contributed by atoms with Crippen LogP contribution in [0.3, 0.4) is 0 Å². The number of carbonyl (C=O) groups is 2. The first kappa shape index (κ1) is 26.2.